The van der Waals surface area contributed by atoms with E-state index in [2.05, 4.69) is 6.92 Å². The highest BCUT2D eigenvalue weighted by atomic mass is 32.2. The Morgan fingerprint density at radius 3 is 2.14 bits per heavy atom. The van der Waals surface area contributed by atoms with Crippen molar-refractivity contribution in [1.82, 2.24) is 0 Å². The van der Waals surface area contributed by atoms with E-state index < -0.39 is 15.3 Å². The van der Waals surface area contributed by atoms with E-state index in [9.17, 15) is 18.6 Å². The van der Waals surface area contributed by atoms with Gasteiger partial charge in [0.1, 0.15) is 0 Å². The molecule has 0 aliphatic carbocycles. The van der Waals surface area contributed by atoms with Gasteiger partial charge < -0.3 is 10.2 Å². The molecule has 1 unspecified atom stereocenters. The summed E-state index contributed by atoms with van der Waals surface area (Å²) in [5.41, 5.74) is 1.51. The van der Waals surface area contributed by atoms with E-state index >= 15 is 0 Å². The van der Waals surface area contributed by atoms with Gasteiger partial charge >= 0.3 is 0 Å². The van der Waals surface area contributed by atoms with Gasteiger partial charge in [-0.2, -0.15) is 0 Å². The Bertz CT molecular complexity index is 558. The summed E-state index contributed by atoms with van der Waals surface area (Å²) in [7, 11) is -3.02. The second kappa shape index (κ2) is 6.46. The number of sulfone groups is 1. The van der Waals surface area contributed by atoms with Gasteiger partial charge in [-0.05, 0) is 36.3 Å². The fraction of sp³-hybridized carbons (Fsp3) is 0.625. The molecule has 1 aromatic carbocycles. The summed E-state index contributed by atoms with van der Waals surface area (Å²) in [6, 6.07) is 8.09. The first kappa shape index (κ1) is 16.5. The lowest BCUT2D eigenvalue weighted by atomic mass is 9.72. The number of hydrogen-bond donors (Lipinski definition) is 2. The molecule has 0 radical (unpaired) electrons. The van der Waals surface area contributed by atoms with Crippen molar-refractivity contribution in [3.8, 4) is 0 Å². The molecule has 1 aromatic rings. The average Bonchev–Trinajstić information content (AvgIpc) is 2.86. The average molecular weight is 312 g/mol. The number of aryl methyl sites for hydroxylation is 1. The van der Waals surface area contributed by atoms with Crippen LogP contribution in [0, 0.1) is 11.3 Å². The second-order valence-electron chi connectivity index (χ2n) is 6.13. The van der Waals surface area contributed by atoms with Gasteiger partial charge in [0.2, 0.25) is 0 Å². The minimum atomic E-state index is -3.02. The summed E-state index contributed by atoms with van der Waals surface area (Å²) in [5.74, 6) is 0.0540. The first-order chi connectivity index (χ1) is 9.94. The van der Waals surface area contributed by atoms with Crippen LogP contribution in [0.3, 0.4) is 0 Å². The summed E-state index contributed by atoms with van der Waals surface area (Å²) in [6.45, 7) is 1.70. The molecule has 0 bridgehead atoms. The third-order valence-corrected chi connectivity index (χ3v) is 6.48. The SMILES string of the molecule is CCc1ccc(CC(CO)(CO)C2CCS(=O)(=O)C2)cc1. The molecule has 1 aliphatic heterocycles. The largest absolute Gasteiger partial charge is 0.396 e. The number of benzene rings is 1. The van der Waals surface area contributed by atoms with Gasteiger partial charge in [-0.1, -0.05) is 31.2 Å². The normalized spacial score (nSPS) is 21.6. The Morgan fingerprint density at radius 2 is 1.71 bits per heavy atom. The molecule has 0 aromatic heterocycles. The van der Waals surface area contributed by atoms with Crippen molar-refractivity contribution in [3.63, 3.8) is 0 Å². The third kappa shape index (κ3) is 3.65. The predicted molar refractivity (Wildman–Crippen MR) is 82.9 cm³/mol. The van der Waals surface area contributed by atoms with Gasteiger partial charge in [-0.3, -0.25) is 0 Å². The Kier molecular flexibility index (Phi) is 5.07. The molecule has 1 atom stereocenters. The molecule has 1 saturated heterocycles. The summed E-state index contributed by atoms with van der Waals surface area (Å²) >= 11 is 0. The van der Waals surface area contributed by atoms with Crippen LogP contribution in [-0.4, -0.2) is 43.4 Å². The summed E-state index contributed by atoms with van der Waals surface area (Å²) in [6.07, 6.45) is 1.99. The minimum Gasteiger partial charge on any atom is -0.396 e. The molecule has 0 spiro atoms. The molecule has 4 nitrogen and oxygen atoms in total. The molecule has 2 rings (SSSR count). The number of hydrogen-bond acceptors (Lipinski definition) is 4. The van der Waals surface area contributed by atoms with Crippen LogP contribution in [-0.2, 0) is 22.7 Å². The maximum absolute atomic E-state index is 11.7. The summed E-state index contributed by atoms with van der Waals surface area (Å²) < 4.78 is 23.4. The lowest BCUT2D eigenvalue weighted by Crippen LogP contribution is -2.41. The monoisotopic (exact) mass is 312 g/mol. The Hall–Kier alpha value is -0.910. The lowest BCUT2D eigenvalue weighted by molar-refractivity contribution is 0.0124. The van der Waals surface area contributed by atoms with Crippen LogP contribution in [0.2, 0.25) is 0 Å². The molecule has 0 amide bonds. The third-order valence-electron chi connectivity index (χ3n) is 4.72. The number of aliphatic hydroxyl groups excluding tert-OH is 2. The Labute approximate surface area is 126 Å². The zero-order valence-electron chi connectivity index (χ0n) is 12.5. The van der Waals surface area contributed by atoms with E-state index in [0.29, 0.717) is 12.8 Å². The van der Waals surface area contributed by atoms with Crippen LogP contribution < -0.4 is 0 Å². The van der Waals surface area contributed by atoms with Crippen LogP contribution in [0.25, 0.3) is 0 Å². The van der Waals surface area contributed by atoms with Gasteiger partial charge in [0.25, 0.3) is 0 Å². The van der Waals surface area contributed by atoms with Gasteiger partial charge in [-0.25, -0.2) is 8.42 Å². The molecule has 2 N–H and O–H groups in total. The van der Waals surface area contributed by atoms with E-state index in [-0.39, 0.29) is 30.6 Å². The van der Waals surface area contributed by atoms with E-state index in [1.165, 1.54) is 5.56 Å². The lowest BCUT2D eigenvalue weighted by Gasteiger charge is -2.35. The number of aliphatic hydroxyl groups is 2. The predicted octanol–water partition coefficient (Wildman–Crippen LogP) is 1.20. The minimum absolute atomic E-state index is 0.0706. The molecule has 118 valence electrons. The molecular weight excluding hydrogens is 288 g/mol. The zero-order chi connectivity index (χ0) is 15.5. The molecule has 5 heteroatoms. The molecule has 1 aliphatic rings. The van der Waals surface area contributed by atoms with Crippen molar-refractivity contribution in [3.05, 3.63) is 35.4 Å². The molecular formula is C16H24O4S. The van der Waals surface area contributed by atoms with E-state index in [1.807, 2.05) is 24.3 Å². The van der Waals surface area contributed by atoms with Gasteiger partial charge in [0, 0.05) is 5.41 Å². The smallest absolute Gasteiger partial charge is 0.150 e. The van der Waals surface area contributed by atoms with Crippen molar-refractivity contribution >= 4 is 9.84 Å². The van der Waals surface area contributed by atoms with Gasteiger partial charge in [0.05, 0.1) is 24.7 Å². The zero-order valence-corrected chi connectivity index (χ0v) is 13.3. The molecule has 1 heterocycles. The quantitative estimate of drug-likeness (QED) is 0.827. The number of rotatable bonds is 6. The van der Waals surface area contributed by atoms with Crippen LogP contribution in [0.1, 0.15) is 24.5 Å². The summed E-state index contributed by atoms with van der Waals surface area (Å²) in [4.78, 5) is 0. The fourth-order valence-electron chi connectivity index (χ4n) is 3.14. The van der Waals surface area contributed by atoms with Crippen molar-refractivity contribution in [2.24, 2.45) is 11.3 Å². The second-order valence-corrected chi connectivity index (χ2v) is 8.35. The Balaban J connectivity index is 2.21. The van der Waals surface area contributed by atoms with Crippen LogP contribution in [0.15, 0.2) is 24.3 Å². The van der Waals surface area contributed by atoms with Crippen LogP contribution in [0.5, 0.6) is 0 Å². The molecule has 0 saturated carbocycles. The van der Waals surface area contributed by atoms with Crippen molar-refractivity contribution in [2.45, 2.75) is 26.2 Å². The highest BCUT2D eigenvalue weighted by molar-refractivity contribution is 7.91. The van der Waals surface area contributed by atoms with E-state index in [0.717, 1.165) is 12.0 Å². The highest BCUT2D eigenvalue weighted by Gasteiger charge is 2.44. The molecule has 21 heavy (non-hydrogen) atoms. The maximum Gasteiger partial charge on any atom is 0.150 e. The van der Waals surface area contributed by atoms with E-state index in [1.54, 1.807) is 0 Å². The summed E-state index contributed by atoms with van der Waals surface area (Å²) in [5, 5.41) is 19.6. The van der Waals surface area contributed by atoms with Gasteiger partial charge in [-0.15, -0.1) is 0 Å². The topological polar surface area (TPSA) is 74.6 Å². The first-order valence-corrected chi connectivity index (χ1v) is 9.27. The fourth-order valence-corrected chi connectivity index (χ4v) is 5.09. The van der Waals surface area contributed by atoms with Crippen molar-refractivity contribution in [1.29, 1.82) is 0 Å². The first-order valence-electron chi connectivity index (χ1n) is 7.44. The molecule has 1 fully saturated rings. The van der Waals surface area contributed by atoms with Gasteiger partial charge in [0.15, 0.2) is 9.84 Å². The van der Waals surface area contributed by atoms with Crippen molar-refractivity contribution < 1.29 is 18.6 Å². The standard InChI is InChI=1S/C16H24O4S/c1-2-13-3-5-14(6-4-13)9-16(11-17,12-18)15-7-8-21(19,20)10-15/h3-6,15,17-18H,2,7-12H2,1H3. The maximum atomic E-state index is 11.7. The Morgan fingerprint density at radius 1 is 1.14 bits per heavy atom. The van der Waals surface area contributed by atoms with E-state index in [4.69, 9.17) is 0 Å². The highest BCUT2D eigenvalue weighted by Crippen LogP contribution is 2.38. The van der Waals surface area contributed by atoms with Crippen molar-refractivity contribution in [2.75, 3.05) is 24.7 Å². The van der Waals surface area contributed by atoms with Crippen LogP contribution >= 0.6 is 0 Å². The van der Waals surface area contributed by atoms with Crippen LogP contribution in [0.4, 0.5) is 0 Å².